The Hall–Kier alpha value is -3.89. The molecule has 0 spiro atoms. The molecule has 47 heavy (non-hydrogen) atoms. The highest BCUT2D eigenvalue weighted by Crippen LogP contribution is 2.44. The largest absolute Gasteiger partial charge is 0.495 e. The SMILES string of the molecule is COc1ccc(C[C@@H](NC(=O)/C=C/C[C@H](OC(=O)[C@H](CC(C)C)NC(=O)C2(CN)CC2)C(C)CCc2ccccc2)C(=O)O)cc1Cl. The summed E-state index contributed by atoms with van der Waals surface area (Å²) in [5.74, 6) is -2.05. The van der Waals surface area contributed by atoms with Crippen molar-refractivity contribution in [3.8, 4) is 5.75 Å². The quantitative estimate of drug-likeness (QED) is 0.122. The van der Waals surface area contributed by atoms with Crippen LogP contribution in [0.4, 0.5) is 0 Å². The van der Waals surface area contributed by atoms with Crippen molar-refractivity contribution in [2.45, 2.75) is 83.9 Å². The van der Waals surface area contributed by atoms with Gasteiger partial charge in [-0.05, 0) is 73.3 Å². The molecule has 1 fully saturated rings. The number of carboxylic acid groups (broad SMARTS) is 1. The fraction of sp³-hybridized carbons (Fsp3) is 0.500. The molecule has 0 aromatic heterocycles. The minimum absolute atomic E-state index is 0.0176. The van der Waals surface area contributed by atoms with Crippen LogP contribution in [0.25, 0.3) is 0 Å². The summed E-state index contributed by atoms with van der Waals surface area (Å²) in [6, 6.07) is 12.9. The van der Waals surface area contributed by atoms with E-state index in [1.165, 1.54) is 13.2 Å². The van der Waals surface area contributed by atoms with E-state index in [0.717, 1.165) is 12.0 Å². The van der Waals surface area contributed by atoms with Crippen LogP contribution in [0.3, 0.4) is 0 Å². The molecule has 2 aromatic carbocycles. The second kappa shape index (κ2) is 17.9. The second-order valence-corrected chi connectivity index (χ2v) is 13.2. The van der Waals surface area contributed by atoms with Crippen LogP contribution in [-0.2, 0) is 36.8 Å². The molecule has 1 saturated carbocycles. The Morgan fingerprint density at radius 2 is 1.72 bits per heavy atom. The number of methoxy groups -OCH3 is 1. The number of carbonyl (C=O) groups excluding carboxylic acids is 3. The Morgan fingerprint density at radius 3 is 2.30 bits per heavy atom. The lowest BCUT2D eigenvalue weighted by Crippen LogP contribution is -2.48. The standard InChI is InChI=1S/C36H48ClN3O7/c1-23(2)19-29(40-35(45)36(22-38)17-18-36)34(44)47-30(24(3)13-14-25-9-6-5-7-10-25)11-8-12-32(41)39-28(33(42)43)21-26-15-16-31(46-4)27(37)20-26/h5-10,12,15-16,20,23-24,28-30H,11,13-14,17-19,21-22,38H2,1-4H3,(H,39,41)(H,40,45)(H,42,43)/b12-8+/t24?,28-,29+,30+/m1/s1. The molecule has 0 bridgehead atoms. The Morgan fingerprint density at radius 1 is 1.02 bits per heavy atom. The number of hydrogen-bond acceptors (Lipinski definition) is 7. The van der Waals surface area contributed by atoms with Gasteiger partial charge in [0.2, 0.25) is 11.8 Å². The Labute approximate surface area is 282 Å². The van der Waals surface area contributed by atoms with Crippen LogP contribution in [0.5, 0.6) is 5.75 Å². The molecule has 1 aliphatic rings. The average Bonchev–Trinajstić information content (AvgIpc) is 3.84. The van der Waals surface area contributed by atoms with E-state index in [1.54, 1.807) is 24.3 Å². The summed E-state index contributed by atoms with van der Waals surface area (Å²) in [5, 5.41) is 15.5. The van der Waals surface area contributed by atoms with E-state index in [-0.39, 0.29) is 37.1 Å². The lowest BCUT2D eigenvalue weighted by atomic mass is 9.93. The van der Waals surface area contributed by atoms with Gasteiger partial charge in [-0.3, -0.25) is 9.59 Å². The topological polar surface area (TPSA) is 157 Å². The monoisotopic (exact) mass is 669 g/mol. The van der Waals surface area contributed by atoms with Gasteiger partial charge in [-0.2, -0.15) is 0 Å². The maximum absolute atomic E-state index is 13.5. The zero-order valence-corrected chi connectivity index (χ0v) is 28.4. The van der Waals surface area contributed by atoms with Crippen LogP contribution in [-0.4, -0.2) is 60.7 Å². The lowest BCUT2D eigenvalue weighted by Gasteiger charge is -2.28. The molecule has 2 amide bonds. The van der Waals surface area contributed by atoms with Gasteiger partial charge in [0.1, 0.15) is 23.9 Å². The van der Waals surface area contributed by atoms with Gasteiger partial charge < -0.3 is 30.9 Å². The van der Waals surface area contributed by atoms with Crippen LogP contribution in [0.1, 0.15) is 64.0 Å². The summed E-state index contributed by atoms with van der Waals surface area (Å²) in [5.41, 5.74) is 7.01. The normalized spacial score (nSPS) is 16.1. The average molecular weight is 670 g/mol. The van der Waals surface area contributed by atoms with Gasteiger partial charge in [0.25, 0.3) is 0 Å². The molecular weight excluding hydrogens is 622 g/mol. The van der Waals surface area contributed by atoms with Gasteiger partial charge in [-0.1, -0.05) is 74.8 Å². The highest BCUT2D eigenvalue weighted by molar-refractivity contribution is 6.32. The lowest BCUT2D eigenvalue weighted by molar-refractivity contribution is -0.156. The van der Waals surface area contributed by atoms with E-state index in [1.807, 2.05) is 51.1 Å². The number of nitrogens with two attached hydrogens (primary N) is 1. The van der Waals surface area contributed by atoms with E-state index < -0.39 is 41.4 Å². The van der Waals surface area contributed by atoms with Crippen molar-refractivity contribution < 1.29 is 33.8 Å². The number of hydrogen-bond donors (Lipinski definition) is 4. The number of carbonyl (C=O) groups is 4. The molecule has 11 heteroatoms. The molecule has 1 unspecified atom stereocenters. The molecule has 5 N–H and O–H groups in total. The van der Waals surface area contributed by atoms with Crippen molar-refractivity contribution in [3.05, 3.63) is 76.8 Å². The summed E-state index contributed by atoms with van der Waals surface area (Å²) >= 11 is 6.18. The third kappa shape index (κ3) is 11.7. The summed E-state index contributed by atoms with van der Waals surface area (Å²) in [7, 11) is 1.48. The third-order valence-corrected chi connectivity index (χ3v) is 8.86. The number of carboxylic acids is 1. The molecule has 0 radical (unpaired) electrons. The van der Waals surface area contributed by atoms with E-state index in [9.17, 15) is 24.3 Å². The minimum atomic E-state index is -1.20. The number of halogens is 1. The van der Waals surface area contributed by atoms with Gasteiger partial charge in [-0.15, -0.1) is 0 Å². The van der Waals surface area contributed by atoms with Gasteiger partial charge >= 0.3 is 11.9 Å². The van der Waals surface area contributed by atoms with Crippen LogP contribution in [0.2, 0.25) is 5.02 Å². The number of nitrogens with one attached hydrogen (secondary N) is 2. The fourth-order valence-electron chi connectivity index (χ4n) is 5.33. The van der Waals surface area contributed by atoms with Crippen molar-refractivity contribution in [1.82, 2.24) is 10.6 Å². The smallest absolute Gasteiger partial charge is 0.328 e. The first kappa shape index (κ1) is 37.6. The van der Waals surface area contributed by atoms with E-state index >= 15 is 0 Å². The number of amides is 2. The second-order valence-electron chi connectivity index (χ2n) is 12.8. The number of ether oxygens (including phenoxy) is 2. The van der Waals surface area contributed by atoms with E-state index in [2.05, 4.69) is 10.6 Å². The summed E-state index contributed by atoms with van der Waals surface area (Å²) in [6.45, 7) is 6.15. The van der Waals surface area contributed by atoms with Crippen LogP contribution < -0.4 is 21.1 Å². The first-order valence-corrected chi connectivity index (χ1v) is 16.5. The summed E-state index contributed by atoms with van der Waals surface area (Å²) in [4.78, 5) is 51.3. The highest BCUT2D eigenvalue weighted by atomic mass is 35.5. The van der Waals surface area contributed by atoms with Crippen molar-refractivity contribution in [1.29, 1.82) is 0 Å². The molecule has 2 aromatic rings. The van der Waals surface area contributed by atoms with Crippen LogP contribution >= 0.6 is 11.6 Å². The minimum Gasteiger partial charge on any atom is -0.495 e. The predicted molar refractivity (Wildman–Crippen MR) is 181 cm³/mol. The van der Waals surface area contributed by atoms with Crippen molar-refractivity contribution in [3.63, 3.8) is 0 Å². The predicted octanol–water partition coefficient (Wildman–Crippen LogP) is 4.86. The Balaban J connectivity index is 1.70. The maximum Gasteiger partial charge on any atom is 0.328 e. The Kier molecular flexibility index (Phi) is 14.3. The zero-order chi connectivity index (χ0) is 34.6. The number of aryl methyl sites for hydroxylation is 1. The van der Waals surface area contributed by atoms with Gasteiger partial charge in [0.05, 0.1) is 17.5 Å². The Bertz CT molecular complexity index is 1390. The third-order valence-electron chi connectivity index (χ3n) is 8.56. The fourth-order valence-corrected chi connectivity index (χ4v) is 5.61. The van der Waals surface area contributed by atoms with Crippen molar-refractivity contribution >= 4 is 35.4 Å². The molecule has 3 rings (SSSR count). The van der Waals surface area contributed by atoms with Crippen LogP contribution in [0, 0.1) is 17.3 Å². The summed E-state index contributed by atoms with van der Waals surface area (Å²) < 4.78 is 11.2. The number of rotatable bonds is 19. The van der Waals surface area contributed by atoms with Gasteiger partial charge in [0, 0.05) is 19.4 Å². The number of aliphatic carboxylic acids is 1. The van der Waals surface area contributed by atoms with Crippen molar-refractivity contribution in [2.75, 3.05) is 13.7 Å². The molecule has 1 aliphatic carbocycles. The molecule has 10 nitrogen and oxygen atoms in total. The first-order valence-electron chi connectivity index (χ1n) is 16.1. The molecule has 0 saturated heterocycles. The van der Waals surface area contributed by atoms with E-state index in [4.69, 9.17) is 26.8 Å². The van der Waals surface area contributed by atoms with Crippen molar-refractivity contribution in [2.24, 2.45) is 23.0 Å². The van der Waals surface area contributed by atoms with E-state index in [0.29, 0.717) is 42.0 Å². The molecule has 4 atom stereocenters. The highest BCUT2D eigenvalue weighted by Gasteiger charge is 2.49. The first-order chi connectivity index (χ1) is 22.4. The molecule has 0 heterocycles. The number of esters is 1. The number of benzene rings is 2. The molecule has 256 valence electrons. The maximum atomic E-state index is 13.5. The van der Waals surface area contributed by atoms with Gasteiger partial charge in [0.15, 0.2) is 0 Å². The van der Waals surface area contributed by atoms with Gasteiger partial charge in [-0.25, -0.2) is 9.59 Å². The van der Waals surface area contributed by atoms with Crippen LogP contribution in [0.15, 0.2) is 60.7 Å². The zero-order valence-electron chi connectivity index (χ0n) is 27.7. The molecular formula is C36H48ClN3O7. The summed E-state index contributed by atoms with van der Waals surface area (Å²) in [6.07, 6.45) is 5.76. The molecule has 0 aliphatic heterocycles.